The lowest BCUT2D eigenvalue weighted by Crippen LogP contribution is -2.50. The quantitative estimate of drug-likeness (QED) is 0.775. The lowest BCUT2D eigenvalue weighted by atomic mass is 10.2. The first kappa shape index (κ1) is 13.7. The Morgan fingerprint density at radius 2 is 2.17 bits per heavy atom. The van der Waals surface area contributed by atoms with Crippen molar-refractivity contribution >= 4 is 21.6 Å². The van der Waals surface area contributed by atoms with E-state index in [4.69, 9.17) is 16.3 Å². The molecule has 100 valence electrons. The third-order valence-corrected chi connectivity index (χ3v) is 5.04. The lowest BCUT2D eigenvalue weighted by molar-refractivity contribution is -0.0170. The fourth-order valence-electron chi connectivity index (χ4n) is 1.86. The Morgan fingerprint density at radius 3 is 2.78 bits per heavy atom. The summed E-state index contributed by atoms with van der Waals surface area (Å²) in [4.78, 5) is 3.97. The van der Waals surface area contributed by atoms with Crippen LogP contribution in [-0.4, -0.2) is 43.0 Å². The third-order valence-electron chi connectivity index (χ3n) is 2.86. The van der Waals surface area contributed by atoms with E-state index in [0.29, 0.717) is 13.2 Å². The SMILES string of the molecule is C[C@@H]1CO[C@@H](C)CN1S(=O)(=O)c1ccc(Cl)nc1. The predicted octanol–water partition coefficient (Wildman–Crippen LogP) is 1.53. The molecule has 0 N–H and O–H groups in total. The van der Waals surface area contributed by atoms with E-state index in [1.54, 1.807) is 0 Å². The number of hydrogen-bond donors (Lipinski definition) is 0. The van der Waals surface area contributed by atoms with Crippen LogP contribution < -0.4 is 0 Å². The van der Waals surface area contributed by atoms with Crippen LogP contribution in [0.15, 0.2) is 23.2 Å². The van der Waals surface area contributed by atoms with Gasteiger partial charge in [-0.25, -0.2) is 13.4 Å². The topological polar surface area (TPSA) is 59.5 Å². The van der Waals surface area contributed by atoms with Gasteiger partial charge in [-0.2, -0.15) is 4.31 Å². The maximum Gasteiger partial charge on any atom is 0.245 e. The second-order valence-electron chi connectivity index (χ2n) is 4.38. The summed E-state index contributed by atoms with van der Waals surface area (Å²) < 4.78 is 31.8. The van der Waals surface area contributed by atoms with Crippen LogP contribution in [-0.2, 0) is 14.8 Å². The molecule has 1 aliphatic heterocycles. The van der Waals surface area contributed by atoms with Crippen LogP contribution in [0, 0.1) is 0 Å². The molecular weight excluding hydrogens is 276 g/mol. The summed E-state index contributed by atoms with van der Waals surface area (Å²) in [6.07, 6.45) is 1.18. The molecule has 2 rings (SSSR count). The molecule has 1 fully saturated rings. The normalized spacial score (nSPS) is 26.2. The van der Waals surface area contributed by atoms with E-state index in [0.717, 1.165) is 0 Å². The fourth-order valence-corrected chi connectivity index (χ4v) is 3.61. The van der Waals surface area contributed by atoms with E-state index in [1.807, 2.05) is 13.8 Å². The zero-order valence-electron chi connectivity index (χ0n) is 10.2. The van der Waals surface area contributed by atoms with Gasteiger partial charge < -0.3 is 4.74 Å². The number of rotatable bonds is 2. The summed E-state index contributed by atoms with van der Waals surface area (Å²) >= 11 is 5.66. The van der Waals surface area contributed by atoms with Crippen LogP contribution in [0.5, 0.6) is 0 Å². The Kier molecular flexibility index (Phi) is 3.91. The number of ether oxygens (including phenoxy) is 1. The van der Waals surface area contributed by atoms with E-state index in [1.165, 1.54) is 22.6 Å². The molecule has 0 bridgehead atoms. The maximum atomic E-state index is 12.4. The largest absolute Gasteiger partial charge is 0.375 e. The number of nitrogens with zero attached hydrogens (tertiary/aromatic N) is 2. The maximum absolute atomic E-state index is 12.4. The zero-order chi connectivity index (χ0) is 13.3. The first-order valence-electron chi connectivity index (χ1n) is 5.66. The number of halogens is 1. The molecule has 0 aliphatic carbocycles. The molecule has 1 aromatic heterocycles. The highest BCUT2D eigenvalue weighted by Gasteiger charge is 2.34. The molecule has 1 aliphatic rings. The molecule has 0 unspecified atom stereocenters. The van der Waals surface area contributed by atoms with E-state index in [-0.39, 0.29) is 22.2 Å². The van der Waals surface area contributed by atoms with E-state index < -0.39 is 10.0 Å². The van der Waals surface area contributed by atoms with Crippen molar-refractivity contribution in [3.63, 3.8) is 0 Å². The highest BCUT2D eigenvalue weighted by atomic mass is 35.5. The van der Waals surface area contributed by atoms with Crippen molar-refractivity contribution in [2.75, 3.05) is 13.2 Å². The number of sulfonamides is 1. The highest BCUT2D eigenvalue weighted by molar-refractivity contribution is 7.89. The average Bonchev–Trinajstić information content (AvgIpc) is 2.32. The Morgan fingerprint density at radius 1 is 1.44 bits per heavy atom. The average molecular weight is 291 g/mol. The number of hydrogen-bond acceptors (Lipinski definition) is 4. The Balaban J connectivity index is 2.32. The van der Waals surface area contributed by atoms with Gasteiger partial charge in [-0.1, -0.05) is 11.6 Å². The molecule has 0 spiro atoms. The molecule has 0 saturated carbocycles. The van der Waals surface area contributed by atoms with Crippen LogP contribution in [0.25, 0.3) is 0 Å². The van der Waals surface area contributed by atoms with Gasteiger partial charge in [-0.15, -0.1) is 0 Å². The van der Waals surface area contributed by atoms with Crippen molar-refractivity contribution in [2.45, 2.75) is 30.9 Å². The summed E-state index contributed by atoms with van der Waals surface area (Å²) in [5, 5.41) is 0.275. The summed E-state index contributed by atoms with van der Waals surface area (Å²) in [5.41, 5.74) is 0. The molecule has 0 radical (unpaired) electrons. The van der Waals surface area contributed by atoms with Gasteiger partial charge in [0.1, 0.15) is 10.0 Å². The highest BCUT2D eigenvalue weighted by Crippen LogP contribution is 2.22. The molecule has 0 aromatic carbocycles. The second-order valence-corrected chi connectivity index (χ2v) is 6.66. The van der Waals surface area contributed by atoms with Crippen LogP contribution in [0.3, 0.4) is 0 Å². The zero-order valence-corrected chi connectivity index (χ0v) is 11.8. The van der Waals surface area contributed by atoms with Crippen molar-refractivity contribution in [1.29, 1.82) is 0 Å². The minimum Gasteiger partial charge on any atom is -0.375 e. The Bertz CT molecular complexity index is 518. The van der Waals surface area contributed by atoms with Crippen LogP contribution in [0.2, 0.25) is 5.15 Å². The predicted molar refractivity (Wildman–Crippen MR) is 68.0 cm³/mol. The van der Waals surface area contributed by atoms with Gasteiger partial charge in [0, 0.05) is 18.8 Å². The van der Waals surface area contributed by atoms with Crippen molar-refractivity contribution in [3.05, 3.63) is 23.5 Å². The number of pyridine rings is 1. The van der Waals surface area contributed by atoms with E-state index in [9.17, 15) is 8.42 Å². The third kappa shape index (κ3) is 2.66. The summed E-state index contributed by atoms with van der Waals surface area (Å²) in [6, 6.07) is 2.77. The van der Waals surface area contributed by atoms with Gasteiger partial charge in [0.25, 0.3) is 0 Å². The monoisotopic (exact) mass is 290 g/mol. The standard InChI is InChI=1S/C11H15ClN2O3S/c1-8-7-17-9(2)6-14(8)18(15,16)10-3-4-11(12)13-5-10/h3-5,8-9H,6-7H2,1-2H3/t8-,9+/m1/s1. The van der Waals surface area contributed by atoms with Gasteiger partial charge in [0.2, 0.25) is 10.0 Å². The lowest BCUT2D eigenvalue weighted by Gasteiger charge is -2.35. The molecule has 2 atom stereocenters. The number of aromatic nitrogens is 1. The fraction of sp³-hybridized carbons (Fsp3) is 0.545. The first-order chi connectivity index (χ1) is 8.41. The minimum atomic E-state index is -3.53. The van der Waals surface area contributed by atoms with Crippen LogP contribution in [0.4, 0.5) is 0 Å². The summed E-state index contributed by atoms with van der Waals surface area (Å²) in [5.74, 6) is 0. The van der Waals surface area contributed by atoms with E-state index >= 15 is 0 Å². The smallest absolute Gasteiger partial charge is 0.245 e. The molecule has 18 heavy (non-hydrogen) atoms. The minimum absolute atomic E-state index is 0.101. The number of morpholine rings is 1. The van der Waals surface area contributed by atoms with Gasteiger partial charge >= 0.3 is 0 Å². The van der Waals surface area contributed by atoms with Gasteiger partial charge in [-0.3, -0.25) is 0 Å². The summed E-state index contributed by atoms with van der Waals surface area (Å²) in [6.45, 7) is 4.44. The van der Waals surface area contributed by atoms with Gasteiger partial charge in [-0.05, 0) is 26.0 Å². The first-order valence-corrected chi connectivity index (χ1v) is 7.48. The van der Waals surface area contributed by atoms with Crippen LogP contribution >= 0.6 is 11.6 Å². The summed E-state index contributed by atoms with van der Waals surface area (Å²) in [7, 11) is -3.53. The van der Waals surface area contributed by atoms with Gasteiger partial charge in [0.05, 0.1) is 12.7 Å². The molecule has 7 heteroatoms. The second kappa shape index (κ2) is 5.13. The van der Waals surface area contributed by atoms with Crippen molar-refractivity contribution in [2.24, 2.45) is 0 Å². The van der Waals surface area contributed by atoms with Crippen molar-refractivity contribution in [1.82, 2.24) is 9.29 Å². The molecular formula is C11H15ClN2O3S. The Labute approximate surface area is 112 Å². The van der Waals surface area contributed by atoms with Crippen molar-refractivity contribution < 1.29 is 13.2 Å². The molecule has 0 amide bonds. The van der Waals surface area contributed by atoms with Crippen LogP contribution in [0.1, 0.15) is 13.8 Å². The molecule has 2 heterocycles. The van der Waals surface area contributed by atoms with Crippen molar-refractivity contribution in [3.8, 4) is 0 Å². The molecule has 1 aromatic rings. The van der Waals surface area contributed by atoms with E-state index in [2.05, 4.69) is 4.98 Å². The molecule has 1 saturated heterocycles. The molecule has 5 nitrogen and oxygen atoms in total. The van der Waals surface area contributed by atoms with Gasteiger partial charge in [0.15, 0.2) is 0 Å². The Hall–Kier alpha value is -0.690.